The highest BCUT2D eigenvalue weighted by molar-refractivity contribution is 5.77. The maximum absolute atomic E-state index is 12.8. The second-order valence-corrected chi connectivity index (χ2v) is 11.2. The van der Waals surface area contributed by atoms with Crippen molar-refractivity contribution in [3.63, 3.8) is 0 Å². The van der Waals surface area contributed by atoms with Gasteiger partial charge in [-0.3, -0.25) is 9.59 Å². The van der Waals surface area contributed by atoms with Crippen LogP contribution < -0.4 is 10.6 Å². The first-order valence-corrected chi connectivity index (χ1v) is 14.2. The van der Waals surface area contributed by atoms with Crippen molar-refractivity contribution in [1.82, 2.24) is 10.6 Å². The number of ether oxygens (including phenoxy) is 5. The summed E-state index contributed by atoms with van der Waals surface area (Å²) >= 11 is 0. The van der Waals surface area contributed by atoms with Crippen molar-refractivity contribution in [3.05, 3.63) is 0 Å². The number of hydrogen-bond donors (Lipinski definition) is 13. The van der Waals surface area contributed by atoms with E-state index in [1.165, 1.54) is 0 Å². The topological polar surface area (TPSA) is 344 Å². The molecule has 46 heavy (non-hydrogen) atoms. The van der Waals surface area contributed by atoms with Crippen LogP contribution in [0.5, 0.6) is 0 Å². The smallest absolute Gasteiger partial charge is 0.364 e. The molecule has 16 atom stereocenters. The second kappa shape index (κ2) is 15.8. The molecule has 0 saturated carbocycles. The van der Waals surface area contributed by atoms with E-state index in [1.807, 2.05) is 0 Å². The highest BCUT2D eigenvalue weighted by atomic mass is 16.8. The van der Waals surface area contributed by atoms with Gasteiger partial charge in [-0.2, -0.15) is 0 Å². The van der Waals surface area contributed by atoms with Crippen LogP contribution in [0.4, 0.5) is 0 Å². The molecule has 0 aliphatic carbocycles. The van der Waals surface area contributed by atoms with Crippen LogP contribution in [0.3, 0.4) is 0 Å². The van der Waals surface area contributed by atoms with E-state index in [-0.39, 0.29) is 0 Å². The van der Waals surface area contributed by atoms with Crippen molar-refractivity contribution in [2.75, 3.05) is 19.8 Å². The summed E-state index contributed by atoms with van der Waals surface area (Å²) in [6, 6.07) is -3.30. The summed E-state index contributed by atoms with van der Waals surface area (Å²) in [5.74, 6) is -6.58. The van der Waals surface area contributed by atoms with Gasteiger partial charge in [0.25, 0.3) is 5.79 Å². The molecule has 3 saturated heterocycles. The molecule has 3 aliphatic rings. The molecule has 0 bridgehead atoms. The fourth-order valence-corrected chi connectivity index (χ4v) is 5.57. The lowest BCUT2D eigenvalue weighted by Crippen LogP contribution is -2.72. The zero-order valence-electron chi connectivity index (χ0n) is 24.7. The number of carboxylic acids is 1. The molecule has 3 aliphatic heterocycles. The van der Waals surface area contributed by atoms with Crippen LogP contribution in [0.15, 0.2) is 0 Å². The third kappa shape index (κ3) is 8.08. The normalized spacial score (nSPS) is 42.9. The molecule has 0 spiro atoms. The lowest BCUT2D eigenvalue weighted by Gasteiger charge is -2.51. The SMILES string of the molecule is CC(=O)N[C@H]1[C@H](O[C@H]2[C@H](O)[C@@H](O)C(O)O[C@@H]2CO)O[C@H](CO)[C@H](O)[C@@H]1O[C@]1(C(=O)O)C[C@H](O)[C@@H](NC(C)=O)[C@H]([C@H](O)[C@H](O)CO)O1. The number of aliphatic hydroxyl groups is 10. The predicted octanol–water partition coefficient (Wildman–Crippen LogP) is -8.08. The number of carbonyl (C=O) groups excluding carboxylic acids is 2. The van der Waals surface area contributed by atoms with Gasteiger partial charge in [-0.15, -0.1) is 0 Å². The van der Waals surface area contributed by atoms with Crippen molar-refractivity contribution in [1.29, 1.82) is 0 Å². The minimum absolute atomic E-state index is 0.754. The van der Waals surface area contributed by atoms with Crippen LogP contribution >= 0.6 is 0 Å². The Bertz CT molecular complexity index is 1050. The van der Waals surface area contributed by atoms with E-state index >= 15 is 0 Å². The Morgan fingerprint density at radius 2 is 1.43 bits per heavy atom. The van der Waals surface area contributed by atoms with Crippen LogP contribution in [0.1, 0.15) is 20.3 Å². The molecule has 3 rings (SSSR count). The molecule has 0 radical (unpaired) electrons. The van der Waals surface area contributed by atoms with Crippen molar-refractivity contribution in [2.24, 2.45) is 0 Å². The van der Waals surface area contributed by atoms with E-state index in [1.54, 1.807) is 0 Å². The molecule has 13 N–H and O–H groups in total. The van der Waals surface area contributed by atoms with Crippen LogP contribution in [-0.2, 0) is 38.1 Å². The van der Waals surface area contributed by atoms with Crippen LogP contribution in [-0.4, -0.2) is 191 Å². The van der Waals surface area contributed by atoms with Crippen LogP contribution in [0.25, 0.3) is 0 Å². The third-order valence-corrected chi connectivity index (χ3v) is 7.87. The first-order valence-electron chi connectivity index (χ1n) is 14.2. The van der Waals surface area contributed by atoms with E-state index in [0.717, 1.165) is 13.8 Å². The Morgan fingerprint density at radius 1 is 0.848 bits per heavy atom. The molecule has 3 fully saturated rings. The van der Waals surface area contributed by atoms with Gasteiger partial charge in [0, 0.05) is 20.3 Å². The highest BCUT2D eigenvalue weighted by Crippen LogP contribution is 2.38. The number of nitrogens with one attached hydrogen (secondary N) is 2. The summed E-state index contributed by atoms with van der Waals surface area (Å²) in [5, 5.41) is 117. The quantitative estimate of drug-likeness (QED) is 0.0913. The van der Waals surface area contributed by atoms with Crippen LogP contribution in [0.2, 0.25) is 0 Å². The number of aliphatic carboxylic acids is 1. The van der Waals surface area contributed by atoms with Gasteiger partial charge in [0.1, 0.15) is 67.1 Å². The lowest BCUT2D eigenvalue weighted by molar-refractivity contribution is -0.370. The largest absolute Gasteiger partial charge is 0.477 e. The first-order chi connectivity index (χ1) is 21.5. The molecule has 266 valence electrons. The average molecular weight is 675 g/mol. The van der Waals surface area contributed by atoms with Gasteiger partial charge < -0.3 is 90.5 Å². The summed E-state index contributed by atoms with van der Waals surface area (Å²) in [7, 11) is 0. The van der Waals surface area contributed by atoms with Crippen molar-refractivity contribution < 1.29 is 94.2 Å². The van der Waals surface area contributed by atoms with Crippen molar-refractivity contribution in [2.45, 2.75) is 118 Å². The van der Waals surface area contributed by atoms with E-state index in [0.29, 0.717) is 0 Å². The zero-order chi connectivity index (χ0) is 34.7. The predicted molar refractivity (Wildman–Crippen MR) is 142 cm³/mol. The van der Waals surface area contributed by atoms with Gasteiger partial charge >= 0.3 is 5.97 Å². The summed E-state index contributed by atoms with van der Waals surface area (Å²) in [6.07, 6.45) is -25.5. The summed E-state index contributed by atoms with van der Waals surface area (Å²) < 4.78 is 27.7. The number of carbonyl (C=O) groups is 3. The number of rotatable bonds is 12. The maximum atomic E-state index is 12.8. The monoisotopic (exact) mass is 674 g/mol. The molecule has 3 heterocycles. The minimum Gasteiger partial charge on any atom is -0.477 e. The fourth-order valence-electron chi connectivity index (χ4n) is 5.57. The number of aliphatic hydroxyl groups excluding tert-OH is 10. The standard InChI is InChI=1S/C25H42N2O19/c1-7(31)26-13-9(33)3-25(24(40)41,45-20(13)15(35)10(34)4-28)46-21-14(27-8(2)32)23(43-11(5-29)16(21)36)44-19-12(6-30)42-22(39)18(38)17(19)37/h9-23,28-30,33-39H,3-6H2,1-2H3,(H,26,31)(H,27,32)(H,40,41)/t9-,10+,11+,12+,13+,14+,15+,16-,17+,18+,19+,20+,21+,22?,23-,25-/m0/s1. The van der Waals surface area contributed by atoms with Gasteiger partial charge in [0.2, 0.25) is 11.8 Å². The molecule has 21 heteroatoms. The average Bonchev–Trinajstić information content (AvgIpc) is 2.99. The van der Waals surface area contributed by atoms with Gasteiger partial charge in [-0.1, -0.05) is 0 Å². The minimum atomic E-state index is -3.03. The van der Waals surface area contributed by atoms with Gasteiger partial charge in [0.15, 0.2) is 12.6 Å². The summed E-state index contributed by atoms with van der Waals surface area (Å²) in [6.45, 7) is -0.859. The first kappa shape index (κ1) is 38.3. The Kier molecular flexibility index (Phi) is 13.1. The number of hydrogen-bond acceptors (Lipinski definition) is 18. The molecule has 2 amide bonds. The Hall–Kier alpha value is -2.19. The molecular formula is C25H42N2O19. The van der Waals surface area contributed by atoms with Crippen molar-refractivity contribution >= 4 is 17.8 Å². The highest BCUT2D eigenvalue weighted by Gasteiger charge is 2.60. The zero-order valence-corrected chi connectivity index (χ0v) is 24.7. The Balaban J connectivity index is 2.05. The Labute approximate surface area is 260 Å². The van der Waals surface area contributed by atoms with Gasteiger partial charge in [-0.05, 0) is 0 Å². The van der Waals surface area contributed by atoms with Gasteiger partial charge in [-0.25, -0.2) is 4.79 Å². The number of amides is 2. The molecule has 21 nitrogen and oxygen atoms in total. The van der Waals surface area contributed by atoms with E-state index in [9.17, 15) is 70.6 Å². The van der Waals surface area contributed by atoms with Crippen molar-refractivity contribution in [3.8, 4) is 0 Å². The third-order valence-electron chi connectivity index (χ3n) is 7.87. The molecule has 0 aromatic rings. The molecule has 0 aromatic carbocycles. The summed E-state index contributed by atoms with van der Waals surface area (Å²) in [4.78, 5) is 36.9. The second-order valence-electron chi connectivity index (χ2n) is 11.2. The molecule has 0 aromatic heterocycles. The molecule has 1 unspecified atom stereocenters. The lowest BCUT2D eigenvalue weighted by atomic mass is 9.88. The summed E-state index contributed by atoms with van der Waals surface area (Å²) in [5.41, 5.74) is 0. The maximum Gasteiger partial charge on any atom is 0.364 e. The van der Waals surface area contributed by atoms with E-state index in [4.69, 9.17) is 23.7 Å². The van der Waals surface area contributed by atoms with E-state index in [2.05, 4.69) is 10.6 Å². The number of carboxylic acid groups (broad SMARTS) is 1. The van der Waals surface area contributed by atoms with E-state index < -0.39 is 142 Å². The fraction of sp³-hybridized carbons (Fsp3) is 0.880. The molecular weight excluding hydrogens is 632 g/mol. The Morgan fingerprint density at radius 3 is 1.96 bits per heavy atom. The van der Waals surface area contributed by atoms with Crippen LogP contribution in [0, 0.1) is 0 Å². The van der Waals surface area contributed by atoms with Gasteiger partial charge in [0.05, 0.1) is 32.0 Å².